The van der Waals surface area contributed by atoms with Gasteiger partial charge in [-0.15, -0.1) is 0 Å². The van der Waals surface area contributed by atoms with Crippen LogP contribution in [0.15, 0.2) is 42.5 Å². The number of hydrogen-bond donors (Lipinski definition) is 0. The van der Waals surface area contributed by atoms with E-state index in [1.54, 1.807) is 5.56 Å². The Morgan fingerprint density at radius 1 is 0.839 bits per heavy atom. The van der Waals surface area contributed by atoms with E-state index in [1.165, 1.54) is 80.9 Å². The quantitative estimate of drug-likeness (QED) is 0.382. The molecule has 162 valence electrons. The highest BCUT2D eigenvalue weighted by atomic mass is 14.9. The maximum Gasteiger partial charge on any atom is 0.220 e. The van der Waals surface area contributed by atoms with E-state index < -0.39 is 0 Å². The molecule has 1 heteroatoms. The number of hydrogen-bond acceptors (Lipinski definition) is 0. The number of fused-ring (bicyclic) bond motifs is 1. The summed E-state index contributed by atoms with van der Waals surface area (Å²) in [5.74, 6) is 1.32. The van der Waals surface area contributed by atoms with E-state index in [1.807, 2.05) is 11.6 Å². The Hall–Kier alpha value is -2.15. The Labute approximate surface area is 191 Å². The molecule has 2 fully saturated rings. The van der Waals surface area contributed by atoms with Gasteiger partial charge in [-0.05, 0) is 85.6 Å². The molecule has 5 rings (SSSR count). The molecule has 2 aromatic carbocycles. The second-order valence-corrected chi connectivity index (χ2v) is 10.1. The van der Waals surface area contributed by atoms with Gasteiger partial charge < -0.3 is 0 Å². The minimum absolute atomic E-state index is 0.296. The monoisotopic (exact) mass is 414 g/mol. The molecule has 1 nitrogen and oxygen atoms in total. The number of nitrogens with zero attached hydrogens (tertiary/aromatic N) is 1. The van der Waals surface area contributed by atoms with Crippen molar-refractivity contribution in [3.8, 4) is 11.3 Å². The molecule has 0 spiro atoms. The fourth-order valence-corrected chi connectivity index (χ4v) is 6.19. The largest absolute Gasteiger partial charge is 0.220 e. The zero-order chi connectivity index (χ0) is 23.1. The highest BCUT2D eigenvalue weighted by Gasteiger charge is 2.26. The van der Waals surface area contributed by atoms with Crippen molar-refractivity contribution in [3.05, 3.63) is 64.8 Å². The first-order valence-electron chi connectivity index (χ1n) is 13.5. The van der Waals surface area contributed by atoms with Crippen LogP contribution in [0.1, 0.15) is 101 Å². The highest BCUT2D eigenvalue weighted by Crippen LogP contribution is 2.42. The summed E-state index contributed by atoms with van der Waals surface area (Å²) in [6, 6.07) is 11.8. The molecule has 0 atom stereocenters. The molecule has 31 heavy (non-hydrogen) atoms. The minimum atomic E-state index is 0.296. The molecular formula is C30H38N+. The lowest BCUT2D eigenvalue weighted by Crippen LogP contribution is -2.31. The van der Waals surface area contributed by atoms with E-state index in [9.17, 15) is 0 Å². The van der Waals surface area contributed by atoms with E-state index in [4.69, 9.17) is 2.74 Å². The van der Waals surface area contributed by atoms with Gasteiger partial charge in [0.15, 0.2) is 6.17 Å². The second kappa shape index (κ2) is 8.77. The lowest BCUT2D eigenvalue weighted by molar-refractivity contribution is -0.659. The average molecular weight is 415 g/mol. The molecule has 3 aromatic rings. The molecule has 0 amide bonds. The summed E-state index contributed by atoms with van der Waals surface area (Å²) in [4.78, 5) is 0. The van der Waals surface area contributed by atoms with Crippen LogP contribution in [-0.4, -0.2) is 0 Å². The Balaban J connectivity index is 1.78. The molecule has 0 aliphatic heterocycles. The van der Waals surface area contributed by atoms with Gasteiger partial charge in [0, 0.05) is 6.04 Å². The first kappa shape index (κ1) is 18.4. The average Bonchev–Trinajstić information content (AvgIpc) is 2.85. The van der Waals surface area contributed by atoms with Crippen molar-refractivity contribution in [1.82, 2.24) is 0 Å². The van der Waals surface area contributed by atoms with Crippen LogP contribution in [0.2, 0.25) is 0 Å². The number of benzene rings is 2. The lowest BCUT2D eigenvalue weighted by atomic mass is 9.76. The zero-order valence-corrected chi connectivity index (χ0v) is 19.6. The SMILES string of the molecule is [2H]c1c([2H])[n+](C)c(-c2cc(C3CCCCC3)cc(C3CCCCC3)c2C)c2ccc(C)cc12. The van der Waals surface area contributed by atoms with Crippen molar-refractivity contribution in [2.45, 2.75) is 89.9 Å². The van der Waals surface area contributed by atoms with Crippen LogP contribution in [0.25, 0.3) is 22.0 Å². The standard InChI is InChI=1S/C30H38N/c1-21-14-15-27-25(18-21)16-17-31(3)30(27)29-20-26(23-10-6-4-7-11-23)19-28(22(29)2)24-12-8-5-9-13-24/h14-20,23-24H,4-13H2,1-3H3/q+1/i16D,17D. The van der Waals surface area contributed by atoms with Crippen LogP contribution in [0.4, 0.5) is 0 Å². The van der Waals surface area contributed by atoms with E-state index in [-0.39, 0.29) is 0 Å². The third kappa shape index (κ3) is 4.04. The summed E-state index contributed by atoms with van der Waals surface area (Å²) in [6.45, 7) is 4.38. The molecular weight excluding hydrogens is 374 g/mol. The van der Waals surface area contributed by atoms with E-state index in [0.717, 1.165) is 22.0 Å². The summed E-state index contributed by atoms with van der Waals surface area (Å²) in [5.41, 5.74) is 7.98. The van der Waals surface area contributed by atoms with Crippen molar-refractivity contribution < 1.29 is 7.31 Å². The molecule has 2 aliphatic carbocycles. The summed E-state index contributed by atoms with van der Waals surface area (Å²) < 4.78 is 19.3. The molecule has 2 saturated carbocycles. The summed E-state index contributed by atoms with van der Waals surface area (Å²) in [7, 11) is 1.97. The van der Waals surface area contributed by atoms with Crippen LogP contribution in [0.3, 0.4) is 0 Å². The van der Waals surface area contributed by atoms with Gasteiger partial charge in [-0.3, -0.25) is 0 Å². The Bertz CT molecular complexity index is 1180. The smallest absolute Gasteiger partial charge is 0.200 e. The number of rotatable bonds is 3. The summed E-state index contributed by atoms with van der Waals surface area (Å²) in [5, 5.41) is 2.00. The van der Waals surface area contributed by atoms with Crippen LogP contribution in [0, 0.1) is 13.8 Å². The fraction of sp³-hybridized carbons (Fsp3) is 0.500. The first-order valence-corrected chi connectivity index (χ1v) is 12.5. The number of aromatic nitrogens is 1. The third-order valence-electron chi connectivity index (χ3n) is 7.97. The zero-order valence-electron chi connectivity index (χ0n) is 21.6. The molecule has 2 aliphatic rings. The van der Waals surface area contributed by atoms with Gasteiger partial charge in [-0.25, -0.2) is 4.57 Å². The van der Waals surface area contributed by atoms with Crippen LogP contribution < -0.4 is 4.57 Å². The van der Waals surface area contributed by atoms with Crippen molar-refractivity contribution in [2.75, 3.05) is 0 Å². The molecule has 0 N–H and O–H groups in total. The molecule has 1 aromatic heterocycles. The van der Waals surface area contributed by atoms with Crippen molar-refractivity contribution >= 4 is 10.8 Å². The minimum Gasteiger partial charge on any atom is -0.200 e. The van der Waals surface area contributed by atoms with Gasteiger partial charge in [0.1, 0.15) is 8.42 Å². The maximum absolute atomic E-state index is 8.73. The summed E-state index contributed by atoms with van der Waals surface area (Å²) in [6.07, 6.45) is 13.6. The molecule has 0 bridgehead atoms. The first-order chi connectivity index (χ1) is 16.0. The Morgan fingerprint density at radius 2 is 1.52 bits per heavy atom. The van der Waals surface area contributed by atoms with E-state index in [2.05, 4.69) is 44.2 Å². The van der Waals surface area contributed by atoms with E-state index >= 15 is 0 Å². The molecule has 1 heterocycles. The Kier molecular flexibility index (Phi) is 5.21. The fourth-order valence-electron chi connectivity index (χ4n) is 6.19. The predicted octanol–water partition coefficient (Wildman–Crippen LogP) is 8.04. The summed E-state index contributed by atoms with van der Waals surface area (Å²) >= 11 is 0. The maximum atomic E-state index is 8.73. The Morgan fingerprint density at radius 3 is 2.23 bits per heavy atom. The topological polar surface area (TPSA) is 3.88 Å². The van der Waals surface area contributed by atoms with Crippen LogP contribution in [0.5, 0.6) is 0 Å². The van der Waals surface area contributed by atoms with Crippen molar-refractivity contribution in [1.29, 1.82) is 0 Å². The van der Waals surface area contributed by atoms with Gasteiger partial charge >= 0.3 is 0 Å². The van der Waals surface area contributed by atoms with Crippen molar-refractivity contribution in [2.24, 2.45) is 7.05 Å². The van der Waals surface area contributed by atoms with Crippen LogP contribution in [-0.2, 0) is 7.05 Å². The van der Waals surface area contributed by atoms with Gasteiger partial charge in [0.25, 0.3) is 0 Å². The van der Waals surface area contributed by atoms with Crippen molar-refractivity contribution in [3.63, 3.8) is 0 Å². The van der Waals surface area contributed by atoms with E-state index in [0.29, 0.717) is 24.1 Å². The van der Waals surface area contributed by atoms with Gasteiger partial charge in [-0.1, -0.05) is 62.3 Å². The third-order valence-corrected chi connectivity index (χ3v) is 7.97. The van der Waals surface area contributed by atoms with Gasteiger partial charge in [0.05, 0.1) is 12.3 Å². The predicted molar refractivity (Wildman–Crippen MR) is 132 cm³/mol. The second-order valence-electron chi connectivity index (χ2n) is 10.1. The van der Waals surface area contributed by atoms with Crippen LogP contribution >= 0.6 is 0 Å². The van der Waals surface area contributed by atoms with Gasteiger partial charge in [-0.2, -0.15) is 0 Å². The molecule has 0 radical (unpaired) electrons. The lowest BCUT2D eigenvalue weighted by Gasteiger charge is -2.28. The highest BCUT2D eigenvalue weighted by molar-refractivity contribution is 5.94. The molecule has 0 saturated heterocycles. The molecule has 0 unspecified atom stereocenters. The van der Waals surface area contributed by atoms with Gasteiger partial charge in [0.2, 0.25) is 5.69 Å². The number of aryl methyl sites for hydroxylation is 1. The normalized spacial score (nSPS) is 19.5. The number of pyridine rings is 1.